The van der Waals surface area contributed by atoms with Crippen molar-refractivity contribution in [2.45, 2.75) is 24.9 Å². The molecule has 0 aliphatic heterocycles. The van der Waals surface area contributed by atoms with Crippen molar-refractivity contribution >= 4 is 17.5 Å². The van der Waals surface area contributed by atoms with Crippen molar-refractivity contribution in [3.05, 3.63) is 58.0 Å². The fourth-order valence-corrected chi connectivity index (χ4v) is 2.44. The second kappa shape index (κ2) is 6.52. The molecular weight excluding hydrogens is 272 g/mol. The number of nitrogens with one attached hydrogen (secondary N) is 1. The molecule has 0 saturated carbocycles. The maximum atomic E-state index is 12.0. The smallest absolute Gasteiger partial charge is 0.251 e. The quantitative estimate of drug-likeness (QED) is 0.522. The van der Waals surface area contributed by atoms with Crippen LogP contribution in [-0.4, -0.2) is 21.5 Å². The molecule has 0 aliphatic carbocycles. The van der Waals surface area contributed by atoms with E-state index in [-0.39, 0.29) is 17.1 Å². The van der Waals surface area contributed by atoms with E-state index in [1.165, 1.54) is 29.6 Å². The van der Waals surface area contributed by atoms with Gasteiger partial charge in [0.25, 0.3) is 5.56 Å². The Kier molecular flexibility index (Phi) is 4.74. The summed E-state index contributed by atoms with van der Waals surface area (Å²) in [5.74, 6) is 0.734. The number of aromatic nitrogens is 2. The van der Waals surface area contributed by atoms with Crippen molar-refractivity contribution in [2.75, 3.05) is 5.75 Å². The first-order chi connectivity index (χ1) is 9.56. The van der Waals surface area contributed by atoms with Crippen LogP contribution < -0.4 is 5.56 Å². The third-order valence-electron chi connectivity index (χ3n) is 2.89. The SMILES string of the molecule is CC(C)c1ccc(C(=O)CSc2nccc(=O)[nH]2)cc1. The standard InChI is InChI=1S/C15H16N2O2S/c1-10(2)11-3-5-12(6-4-11)13(18)9-20-15-16-8-7-14(19)17-15/h3-8,10H,9H2,1-2H3,(H,16,17,19). The summed E-state index contributed by atoms with van der Waals surface area (Å²) in [6.45, 7) is 4.23. The molecule has 1 N–H and O–H groups in total. The van der Waals surface area contributed by atoms with Crippen molar-refractivity contribution in [3.8, 4) is 0 Å². The van der Waals surface area contributed by atoms with Gasteiger partial charge in [-0.05, 0) is 11.5 Å². The van der Waals surface area contributed by atoms with Gasteiger partial charge in [-0.3, -0.25) is 9.59 Å². The highest BCUT2D eigenvalue weighted by Gasteiger charge is 2.08. The van der Waals surface area contributed by atoms with Crippen molar-refractivity contribution in [2.24, 2.45) is 0 Å². The minimum absolute atomic E-state index is 0.0248. The van der Waals surface area contributed by atoms with E-state index in [1.807, 2.05) is 24.3 Å². The number of ketones is 1. The Hall–Kier alpha value is -1.88. The highest BCUT2D eigenvalue weighted by molar-refractivity contribution is 7.99. The molecule has 0 saturated heterocycles. The van der Waals surface area contributed by atoms with Gasteiger partial charge in [-0.25, -0.2) is 4.98 Å². The normalized spacial score (nSPS) is 10.8. The maximum Gasteiger partial charge on any atom is 0.251 e. The minimum atomic E-state index is -0.212. The summed E-state index contributed by atoms with van der Waals surface area (Å²) in [6, 6.07) is 8.99. The number of thioether (sulfide) groups is 1. The molecule has 1 aromatic carbocycles. The Morgan fingerprint density at radius 3 is 2.55 bits per heavy atom. The second-order valence-electron chi connectivity index (χ2n) is 4.73. The Morgan fingerprint density at radius 2 is 1.95 bits per heavy atom. The molecule has 2 rings (SSSR count). The largest absolute Gasteiger partial charge is 0.301 e. The van der Waals surface area contributed by atoms with Gasteiger partial charge in [-0.2, -0.15) is 0 Å². The number of benzene rings is 1. The van der Waals surface area contributed by atoms with Gasteiger partial charge in [0, 0.05) is 17.8 Å². The predicted octanol–water partition coefficient (Wildman–Crippen LogP) is 2.87. The Labute approximate surface area is 121 Å². The lowest BCUT2D eigenvalue weighted by Crippen LogP contribution is -2.08. The molecule has 5 heteroatoms. The average molecular weight is 288 g/mol. The third-order valence-corrected chi connectivity index (χ3v) is 3.77. The zero-order chi connectivity index (χ0) is 14.5. The summed E-state index contributed by atoms with van der Waals surface area (Å²) in [4.78, 5) is 29.7. The average Bonchev–Trinajstić information content (AvgIpc) is 2.45. The van der Waals surface area contributed by atoms with Gasteiger partial charge >= 0.3 is 0 Å². The van der Waals surface area contributed by atoms with Crippen molar-refractivity contribution in [3.63, 3.8) is 0 Å². The molecule has 0 radical (unpaired) electrons. The molecule has 0 fully saturated rings. The van der Waals surface area contributed by atoms with Gasteiger partial charge in [-0.1, -0.05) is 49.9 Å². The number of rotatable bonds is 5. The van der Waals surface area contributed by atoms with Crippen LogP contribution >= 0.6 is 11.8 Å². The summed E-state index contributed by atoms with van der Waals surface area (Å²) in [7, 11) is 0. The van der Waals surface area contributed by atoms with E-state index in [9.17, 15) is 9.59 Å². The Balaban J connectivity index is 1.99. The second-order valence-corrected chi connectivity index (χ2v) is 5.69. The van der Waals surface area contributed by atoms with Crippen LogP contribution in [0.2, 0.25) is 0 Å². The topological polar surface area (TPSA) is 62.8 Å². The number of aromatic amines is 1. The molecular formula is C15H16N2O2S. The molecule has 0 amide bonds. The van der Waals surface area contributed by atoms with Crippen LogP contribution in [0.4, 0.5) is 0 Å². The number of H-pyrrole nitrogens is 1. The fraction of sp³-hybridized carbons (Fsp3) is 0.267. The van der Waals surface area contributed by atoms with Gasteiger partial charge in [0.05, 0.1) is 5.75 Å². The number of nitrogens with zero attached hydrogens (tertiary/aromatic N) is 1. The number of Topliss-reactive ketones (excluding diaryl/α,β-unsaturated/α-hetero) is 1. The lowest BCUT2D eigenvalue weighted by atomic mass is 10.0. The molecule has 104 valence electrons. The maximum absolute atomic E-state index is 12.0. The van der Waals surface area contributed by atoms with Gasteiger partial charge < -0.3 is 4.98 Å². The van der Waals surface area contributed by atoms with E-state index in [1.54, 1.807) is 0 Å². The van der Waals surface area contributed by atoms with E-state index in [0.717, 1.165) is 0 Å². The van der Waals surface area contributed by atoms with Crippen molar-refractivity contribution in [1.29, 1.82) is 0 Å². The minimum Gasteiger partial charge on any atom is -0.301 e. The van der Waals surface area contributed by atoms with E-state index in [4.69, 9.17) is 0 Å². The molecule has 1 aromatic heterocycles. The molecule has 0 atom stereocenters. The van der Waals surface area contributed by atoms with Crippen LogP contribution in [0.15, 0.2) is 46.5 Å². The van der Waals surface area contributed by atoms with Crippen LogP contribution in [0.3, 0.4) is 0 Å². The number of hydrogen-bond acceptors (Lipinski definition) is 4. The molecule has 20 heavy (non-hydrogen) atoms. The summed E-state index contributed by atoms with van der Waals surface area (Å²) < 4.78 is 0. The highest BCUT2D eigenvalue weighted by Crippen LogP contribution is 2.17. The van der Waals surface area contributed by atoms with Crippen LogP contribution in [-0.2, 0) is 0 Å². The predicted molar refractivity (Wildman–Crippen MR) is 80.4 cm³/mol. The summed E-state index contributed by atoms with van der Waals surface area (Å²) in [5, 5.41) is 0.463. The molecule has 4 nitrogen and oxygen atoms in total. The Bertz CT molecular complexity index is 647. The van der Waals surface area contributed by atoms with Crippen molar-refractivity contribution in [1.82, 2.24) is 9.97 Å². The van der Waals surface area contributed by atoms with Crippen LogP contribution in [0, 0.1) is 0 Å². The third kappa shape index (κ3) is 3.81. The van der Waals surface area contributed by atoms with Gasteiger partial charge in [0.15, 0.2) is 10.9 Å². The first kappa shape index (κ1) is 14.5. The molecule has 0 aliphatic rings. The van der Waals surface area contributed by atoms with Crippen LogP contribution in [0.25, 0.3) is 0 Å². The molecule has 1 heterocycles. The molecule has 0 spiro atoms. The lowest BCUT2D eigenvalue weighted by molar-refractivity contribution is 0.102. The molecule has 0 unspecified atom stereocenters. The summed E-state index contributed by atoms with van der Waals surface area (Å²) >= 11 is 1.23. The fourth-order valence-electron chi connectivity index (χ4n) is 1.70. The first-order valence-corrected chi connectivity index (χ1v) is 7.36. The van der Waals surface area contributed by atoms with E-state index in [0.29, 0.717) is 16.6 Å². The lowest BCUT2D eigenvalue weighted by Gasteiger charge is -2.06. The zero-order valence-corrected chi connectivity index (χ0v) is 12.2. The molecule has 0 bridgehead atoms. The Morgan fingerprint density at radius 1 is 1.25 bits per heavy atom. The zero-order valence-electron chi connectivity index (χ0n) is 11.4. The molecule has 2 aromatic rings. The van der Waals surface area contributed by atoms with E-state index in [2.05, 4.69) is 23.8 Å². The van der Waals surface area contributed by atoms with E-state index < -0.39 is 0 Å². The van der Waals surface area contributed by atoms with E-state index >= 15 is 0 Å². The van der Waals surface area contributed by atoms with Crippen LogP contribution in [0.1, 0.15) is 35.7 Å². The summed E-state index contributed by atoms with van der Waals surface area (Å²) in [5.41, 5.74) is 1.68. The number of hydrogen-bond donors (Lipinski definition) is 1. The van der Waals surface area contributed by atoms with Crippen molar-refractivity contribution < 1.29 is 4.79 Å². The monoisotopic (exact) mass is 288 g/mol. The van der Waals surface area contributed by atoms with Gasteiger partial charge in [-0.15, -0.1) is 0 Å². The van der Waals surface area contributed by atoms with Crippen LogP contribution in [0.5, 0.6) is 0 Å². The number of carbonyl (C=O) groups is 1. The highest BCUT2D eigenvalue weighted by atomic mass is 32.2. The number of carbonyl (C=O) groups excluding carboxylic acids is 1. The first-order valence-electron chi connectivity index (χ1n) is 6.37. The van der Waals surface area contributed by atoms with Gasteiger partial charge in [0.1, 0.15) is 0 Å². The summed E-state index contributed by atoms with van der Waals surface area (Å²) in [6.07, 6.45) is 1.43. The van der Waals surface area contributed by atoms with Gasteiger partial charge in [0.2, 0.25) is 0 Å².